The molecule has 0 spiro atoms. The zero-order chi connectivity index (χ0) is 12.3. The largest absolute Gasteiger partial charge is 0.497 e. The number of nitrogens with zero attached hydrogens (tertiary/aromatic N) is 1. The number of hydrogen-bond donors (Lipinski definition) is 1. The lowest BCUT2D eigenvalue weighted by atomic mass is 9.91. The molecule has 1 saturated carbocycles. The third-order valence-corrected chi connectivity index (χ3v) is 3.75. The number of ether oxygens (including phenoxy) is 1. The Morgan fingerprint density at radius 3 is 2.59 bits per heavy atom. The van der Waals surface area contributed by atoms with Gasteiger partial charge in [-0.2, -0.15) is 0 Å². The minimum Gasteiger partial charge on any atom is -0.497 e. The number of hydrogen-bond acceptors (Lipinski definition) is 3. The van der Waals surface area contributed by atoms with Crippen molar-refractivity contribution >= 4 is 5.69 Å². The van der Waals surface area contributed by atoms with Gasteiger partial charge in [-0.1, -0.05) is 6.07 Å². The molecule has 1 aromatic rings. The van der Waals surface area contributed by atoms with Gasteiger partial charge in [-0.15, -0.1) is 0 Å². The first kappa shape index (κ1) is 12.2. The zero-order valence-corrected chi connectivity index (χ0v) is 10.7. The van der Waals surface area contributed by atoms with Crippen LogP contribution in [0.25, 0.3) is 0 Å². The van der Waals surface area contributed by atoms with Crippen LogP contribution in [0.4, 0.5) is 5.69 Å². The molecule has 0 heterocycles. The lowest BCUT2D eigenvalue weighted by Gasteiger charge is -2.35. The summed E-state index contributed by atoms with van der Waals surface area (Å²) >= 11 is 0. The molecule has 0 unspecified atom stereocenters. The summed E-state index contributed by atoms with van der Waals surface area (Å²) in [5.74, 6) is 0.918. The van der Waals surface area contributed by atoms with E-state index in [0.29, 0.717) is 12.1 Å². The van der Waals surface area contributed by atoms with E-state index in [1.54, 1.807) is 7.11 Å². The molecule has 2 rings (SSSR count). The normalized spacial score (nSPS) is 24.4. The van der Waals surface area contributed by atoms with Gasteiger partial charge in [0.1, 0.15) is 5.75 Å². The molecule has 0 radical (unpaired) electrons. The first-order valence-electron chi connectivity index (χ1n) is 6.33. The van der Waals surface area contributed by atoms with Gasteiger partial charge in [0.15, 0.2) is 0 Å². The molecular formula is C14H22N2O. The molecule has 1 aliphatic carbocycles. The smallest absolute Gasteiger partial charge is 0.120 e. The van der Waals surface area contributed by atoms with Crippen LogP contribution in [-0.2, 0) is 0 Å². The highest BCUT2D eigenvalue weighted by molar-refractivity contribution is 5.51. The van der Waals surface area contributed by atoms with Gasteiger partial charge in [0, 0.05) is 30.9 Å². The van der Waals surface area contributed by atoms with E-state index in [0.717, 1.165) is 18.6 Å². The number of rotatable bonds is 3. The number of benzene rings is 1. The lowest BCUT2D eigenvalue weighted by molar-refractivity contribution is 0.384. The second kappa shape index (κ2) is 5.41. The van der Waals surface area contributed by atoms with Crippen molar-refractivity contribution in [2.45, 2.75) is 37.8 Å². The number of methoxy groups -OCH3 is 1. The van der Waals surface area contributed by atoms with Crippen molar-refractivity contribution in [1.29, 1.82) is 0 Å². The summed E-state index contributed by atoms with van der Waals surface area (Å²) in [6, 6.07) is 9.27. The Morgan fingerprint density at radius 2 is 1.94 bits per heavy atom. The van der Waals surface area contributed by atoms with Gasteiger partial charge in [-0.25, -0.2) is 0 Å². The standard InChI is InChI=1S/C14H22N2O/c1-16(12-8-6-11(15)7-9-12)13-4-3-5-14(10-13)17-2/h3-5,10-12H,6-9,15H2,1-2H3. The zero-order valence-electron chi connectivity index (χ0n) is 10.7. The molecule has 0 aliphatic heterocycles. The van der Waals surface area contributed by atoms with Crippen LogP contribution in [0.1, 0.15) is 25.7 Å². The maximum absolute atomic E-state index is 5.94. The summed E-state index contributed by atoms with van der Waals surface area (Å²) in [5, 5.41) is 0. The predicted octanol–water partition coefficient (Wildman–Crippen LogP) is 2.40. The second-order valence-corrected chi connectivity index (χ2v) is 4.88. The van der Waals surface area contributed by atoms with Gasteiger partial charge in [-0.3, -0.25) is 0 Å². The highest BCUT2D eigenvalue weighted by Crippen LogP contribution is 2.27. The molecular weight excluding hydrogens is 212 g/mol. The Morgan fingerprint density at radius 1 is 1.24 bits per heavy atom. The van der Waals surface area contributed by atoms with Crippen molar-refractivity contribution < 1.29 is 4.74 Å². The molecule has 1 aliphatic rings. The molecule has 0 aromatic heterocycles. The van der Waals surface area contributed by atoms with E-state index in [1.807, 2.05) is 12.1 Å². The van der Waals surface area contributed by atoms with Crippen LogP contribution in [0, 0.1) is 0 Å². The van der Waals surface area contributed by atoms with Crippen molar-refractivity contribution in [1.82, 2.24) is 0 Å². The average Bonchev–Trinajstić information content (AvgIpc) is 2.39. The van der Waals surface area contributed by atoms with Gasteiger partial charge in [0.25, 0.3) is 0 Å². The molecule has 1 aromatic carbocycles. The summed E-state index contributed by atoms with van der Waals surface area (Å²) in [5.41, 5.74) is 7.17. The monoisotopic (exact) mass is 234 g/mol. The van der Waals surface area contributed by atoms with E-state index < -0.39 is 0 Å². The van der Waals surface area contributed by atoms with Crippen LogP contribution in [0.2, 0.25) is 0 Å². The fourth-order valence-electron chi connectivity index (χ4n) is 2.53. The van der Waals surface area contributed by atoms with Gasteiger partial charge in [0.05, 0.1) is 7.11 Å². The summed E-state index contributed by atoms with van der Waals surface area (Å²) in [4.78, 5) is 2.36. The molecule has 0 atom stereocenters. The van der Waals surface area contributed by atoms with E-state index in [9.17, 15) is 0 Å². The fraction of sp³-hybridized carbons (Fsp3) is 0.571. The predicted molar refractivity (Wildman–Crippen MR) is 71.6 cm³/mol. The third kappa shape index (κ3) is 2.91. The molecule has 0 saturated heterocycles. The first-order chi connectivity index (χ1) is 8.20. The van der Waals surface area contributed by atoms with E-state index in [2.05, 4.69) is 24.1 Å². The van der Waals surface area contributed by atoms with Crippen LogP contribution in [0.15, 0.2) is 24.3 Å². The fourth-order valence-corrected chi connectivity index (χ4v) is 2.53. The van der Waals surface area contributed by atoms with Gasteiger partial charge in [0.2, 0.25) is 0 Å². The maximum Gasteiger partial charge on any atom is 0.120 e. The SMILES string of the molecule is COc1cccc(N(C)C2CCC(N)CC2)c1. The van der Waals surface area contributed by atoms with Crippen molar-refractivity contribution in [3.63, 3.8) is 0 Å². The van der Waals surface area contributed by atoms with E-state index in [1.165, 1.54) is 18.5 Å². The van der Waals surface area contributed by atoms with E-state index >= 15 is 0 Å². The van der Waals surface area contributed by atoms with Crippen LogP contribution in [-0.4, -0.2) is 26.2 Å². The molecule has 2 N–H and O–H groups in total. The molecule has 3 nitrogen and oxygen atoms in total. The number of nitrogens with two attached hydrogens (primary N) is 1. The first-order valence-corrected chi connectivity index (χ1v) is 6.33. The minimum absolute atomic E-state index is 0.407. The Kier molecular flexibility index (Phi) is 3.89. The Hall–Kier alpha value is -1.22. The van der Waals surface area contributed by atoms with Gasteiger partial charge < -0.3 is 15.4 Å². The number of anilines is 1. The molecule has 1 fully saturated rings. The lowest BCUT2D eigenvalue weighted by Crippen LogP contribution is -2.38. The third-order valence-electron chi connectivity index (χ3n) is 3.75. The van der Waals surface area contributed by atoms with Crippen LogP contribution in [0.5, 0.6) is 5.75 Å². The second-order valence-electron chi connectivity index (χ2n) is 4.88. The molecule has 17 heavy (non-hydrogen) atoms. The Labute approximate surface area is 104 Å². The van der Waals surface area contributed by atoms with Crippen molar-refractivity contribution in [3.05, 3.63) is 24.3 Å². The summed E-state index contributed by atoms with van der Waals surface area (Å²) in [6.45, 7) is 0. The Balaban J connectivity index is 2.05. The van der Waals surface area contributed by atoms with Crippen molar-refractivity contribution in [2.24, 2.45) is 5.73 Å². The van der Waals surface area contributed by atoms with Gasteiger partial charge in [-0.05, 0) is 37.8 Å². The van der Waals surface area contributed by atoms with Crippen LogP contribution < -0.4 is 15.4 Å². The van der Waals surface area contributed by atoms with Crippen LogP contribution in [0.3, 0.4) is 0 Å². The maximum atomic E-state index is 5.94. The molecule has 94 valence electrons. The highest BCUT2D eigenvalue weighted by atomic mass is 16.5. The van der Waals surface area contributed by atoms with Crippen LogP contribution >= 0.6 is 0 Å². The summed E-state index contributed by atoms with van der Waals surface area (Å²) in [6.07, 6.45) is 4.65. The van der Waals surface area contributed by atoms with Gasteiger partial charge >= 0.3 is 0 Å². The Bertz CT molecular complexity index is 359. The summed E-state index contributed by atoms with van der Waals surface area (Å²) in [7, 11) is 3.87. The highest BCUT2D eigenvalue weighted by Gasteiger charge is 2.22. The topological polar surface area (TPSA) is 38.5 Å². The van der Waals surface area contributed by atoms with Crippen molar-refractivity contribution in [3.8, 4) is 5.75 Å². The molecule has 0 bridgehead atoms. The minimum atomic E-state index is 0.407. The average molecular weight is 234 g/mol. The molecule has 0 amide bonds. The van der Waals surface area contributed by atoms with Crippen molar-refractivity contribution in [2.75, 3.05) is 19.1 Å². The van der Waals surface area contributed by atoms with E-state index in [4.69, 9.17) is 10.5 Å². The molecule has 3 heteroatoms. The summed E-state index contributed by atoms with van der Waals surface area (Å²) < 4.78 is 5.26. The van der Waals surface area contributed by atoms with E-state index in [-0.39, 0.29) is 0 Å². The quantitative estimate of drug-likeness (QED) is 0.872.